The van der Waals surface area contributed by atoms with Gasteiger partial charge in [-0.25, -0.2) is 14.2 Å². The van der Waals surface area contributed by atoms with Gasteiger partial charge in [0.05, 0.1) is 17.1 Å². The molecular formula is C18H21FN2O3S. The monoisotopic (exact) mass is 364 g/mol. The summed E-state index contributed by atoms with van der Waals surface area (Å²) in [7, 11) is 0. The van der Waals surface area contributed by atoms with Crippen LogP contribution in [0.25, 0.3) is 0 Å². The summed E-state index contributed by atoms with van der Waals surface area (Å²) >= 11 is 1.43. The summed E-state index contributed by atoms with van der Waals surface area (Å²) in [6.45, 7) is 1.97. The molecule has 5 nitrogen and oxygen atoms in total. The highest BCUT2D eigenvalue weighted by molar-refractivity contribution is 7.09. The molecule has 0 aliphatic heterocycles. The second-order valence-electron chi connectivity index (χ2n) is 5.81. The Bertz CT molecular complexity index is 715. The maximum Gasteiger partial charge on any atom is 0.326 e. The summed E-state index contributed by atoms with van der Waals surface area (Å²) in [4.78, 5) is 27.6. The predicted octanol–water partition coefficient (Wildman–Crippen LogP) is 3.18. The van der Waals surface area contributed by atoms with Crippen LogP contribution in [0, 0.1) is 5.82 Å². The molecule has 0 radical (unpaired) electrons. The van der Waals surface area contributed by atoms with Gasteiger partial charge >= 0.3 is 5.97 Å². The van der Waals surface area contributed by atoms with E-state index in [-0.39, 0.29) is 18.1 Å². The van der Waals surface area contributed by atoms with Crippen LogP contribution in [-0.2, 0) is 22.4 Å². The maximum absolute atomic E-state index is 12.9. The SMILES string of the molecule is CCCC[C@H](NC(=O)Cc1csc(Cc2ccc(F)cc2)n1)C(=O)O. The van der Waals surface area contributed by atoms with Crippen molar-refractivity contribution < 1.29 is 19.1 Å². The van der Waals surface area contributed by atoms with Crippen LogP contribution in [0.1, 0.15) is 42.5 Å². The van der Waals surface area contributed by atoms with Crippen LogP contribution in [0.4, 0.5) is 4.39 Å². The zero-order valence-electron chi connectivity index (χ0n) is 14.0. The number of hydrogen-bond acceptors (Lipinski definition) is 4. The molecule has 2 N–H and O–H groups in total. The van der Waals surface area contributed by atoms with E-state index in [0.717, 1.165) is 23.4 Å². The number of nitrogens with zero attached hydrogens (tertiary/aromatic N) is 1. The average Bonchev–Trinajstić information content (AvgIpc) is 3.00. The second kappa shape index (κ2) is 9.27. The summed E-state index contributed by atoms with van der Waals surface area (Å²) < 4.78 is 12.9. The maximum atomic E-state index is 12.9. The quantitative estimate of drug-likeness (QED) is 0.716. The summed E-state index contributed by atoms with van der Waals surface area (Å²) in [5, 5.41) is 14.3. The van der Waals surface area contributed by atoms with Crippen molar-refractivity contribution in [3.05, 3.63) is 51.7 Å². The minimum atomic E-state index is -1.02. The molecule has 2 aromatic rings. The molecule has 0 unspecified atom stereocenters. The Morgan fingerprint density at radius 2 is 2.04 bits per heavy atom. The van der Waals surface area contributed by atoms with Gasteiger partial charge in [0.25, 0.3) is 0 Å². The van der Waals surface area contributed by atoms with Gasteiger partial charge in [-0.1, -0.05) is 31.9 Å². The van der Waals surface area contributed by atoms with Crippen LogP contribution in [0.2, 0.25) is 0 Å². The minimum absolute atomic E-state index is 0.0514. The fraction of sp³-hybridized carbons (Fsp3) is 0.389. The molecule has 134 valence electrons. The summed E-state index contributed by atoms with van der Waals surface area (Å²) in [6, 6.07) is 5.35. The fourth-order valence-electron chi connectivity index (χ4n) is 2.36. The average molecular weight is 364 g/mol. The third-order valence-corrected chi connectivity index (χ3v) is 4.59. The zero-order chi connectivity index (χ0) is 18.2. The van der Waals surface area contributed by atoms with Crippen LogP contribution in [-0.4, -0.2) is 28.0 Å². The van der Waals surface area contributed by atoms with Crippen LogP contribution in [0.15, 0.2) is 29.6 Å². The summed E-state index contributed by atoms with van der Waals surface area (Å²) in [5.74, 6) is -1.64. The number of carboxylic acid groups (broad SMARTS) is 1. The van der Waals surface area contributed by atoms with Crippen molar-refractivity contribution in [1.82, 2.24) is 10.3 Å². The van der Waals surface area contributed by atoms with Crippen LogP contribution in [0.3, 0.4) is 0 Å². The number of carbonyl (C=O) groups is 2. The third kappa shape index (κ3) is 6.26. The number of rotatable bonds is 9. The first-order chi connectivity index (χ1) is 12.0. The lowest BCUT2D eigenvalue weighted by Gasteiger charge is -2.13. The Kier molecular flexibility index (Phi) is 7.06. The molecule has 0 fully saturated rings. The fourth-order valence-corrected chi connectivity index (χ4v) is 3.19. The lowest BCUT2D eigenvalue weighted by molar-refractivity contribution is -0.142. The van der Waals surface area contributed by atoms with Crippen molar-refractivity contribution in [2.45, 2.75) is 45.1 Å². The third-order valence-electron chi connectivity index (χ3n) is 3.69. The van der Waals surface area contributed by atoms with Gasteiger partial charge in [-0.15, -0.1) is 11.3 Å². The number of hydrogen-bond donors (Lipinski definition) is 2. The van der Waals surface area contributed by atoms with Gasteiger partial charge in [-0.05, 0) is 24.1 Å². The topological polar surface area (TPSA) is 79.3 Å². The van der Waals surface area contributed by atoms with E-state index in [9.17, 15) is 14.0 Å². The van der Waals surface area contributed by atoms with E-state index in [1.165, 1.54) is 23.5 Å². The van der Waals surface area contributed by atoms with Gasteiger partial charge < -0.3 is 10.4 Å². The summed E-state index contributed by atoms with van der Waals surface area (Å²) in [6.07, 6.45) is 2.66. The first kappa shape index (κ1) is 19.1. The highest BCUT2D eigenvalue weighted by atomic mass is 32.1. The van der Waals surface area contributed by atoms with E-state index < -0.39 is 12.0 Å². The van der Waals surface area contributed by atoms with Gasteiger partial charge in [-0.2, -0.15) is 0 Å². The largest absolute Gasteiger partial charge is 0.480 e. The first-order valence-corrected chi connectivity index (χ1v) is 9.05. The van der Waals surface area contributed by atoms with Crippen molar-refractivity contribution in [2.75, 3.05) is 0 Å². The molecule has 0 aliphatic rings. The minimum Gasteiger partial charge on any atom is -0.480 e. The smallest absolute Gasteiger partial charge is 0.326 e. The number of amides is 1. The van der Waals surface area contributed by atoms with E-state index in [1.807, 2.05) is 6.92 Å². The highest BCUT2D eigenvalue weighted by Gasteiger charge is 2.19. The molecule has 0 bridgehead atoms. The lowest BCUT2D eigenvalue weighted by Crippen LogP contribution is -2.41. The van der Waals surface area contributed by atoms with Gasteiger partial charge in [0.1, 0.15) is 11.9 Å². The van der Waals surface area contributed by atoms with Crippen molar-refractivity contribution in [2.24, 2.45) is 0 Å². The number of halogens is 1. The number of thiazole rings is 1. The summed E-state index contributed by atoms with van der Waals surface area (Å²) in [5.41, 5.74) is 1.55. The molecule has 1 atom stereocenters. The van der Waals surface area contributed by atoms with Gasteiger partial charge in [0.15, 0.2) is 0 Å². The molecule has 2 rings (SSSR count). The lowest BCUT2D eigenvalue weighted by atomic mass is 10.1. The molecule has 0 saturated heterocycles. The predicted molar refractivity (Wildman–Crippen MR) is 94.1 cm³/mol. The first-order valence-electron chi connectivity index (χ1n) is 8.17. The number of benzene rings is 1. The Morgan fingerprint density at radius 1 is 1.32 bits per heavy atom. The molecule has 0 spiro atoms. The highest BCUT2D eigenvalue weighted by Crippen LogP contribution is 2.16. The van der Waals surface area contributed by atoms with Gasteiger partial charge in [0.2, 0.25) is 5.91 Å². The number of aliphatic carboxylic acids is 1. The van der Waals surface area contributed by atoms with Crippen LogP contribution >= 0.6 is 11.3 Å². The molecule has 1 aromatic heterocycles. The molecule has 0 aliphatic carbocycles. The standard InChI is InChI=1S/C18H21FN2O3S/c1-2-3-4-15(18(23)24)21-16(22)10-14-11-25-17(20-14)9-12-5-7-13(19)8-6-12/h5-8,11,15H,2-4,9-10H2,1H3,(H,21,22)(H,23,24)/t15-/m0/s1. The number of unbranched alkanes of at least 4 members (excludes halogenated alkanes) is 1. The van der Waals surface area contributed by atoms with E-state index in [4.69, 9.17) is 5.11 Å². The molecule has 7 heteroatoms. The number of carbonyl (C=O) groups excluding carboxylic acids is 1. The number of aromatic nitrogens is 1. The zero-order valence-corrected chi connectivity index (χ0v) is 14.8. The Morgan fingerprint density at radius 3 is 2.68 bits per heavy atom. The van der Waals surface area contributed by atoms with Gasteiger partial charge in [0, 0.05) is 11.8 Å². The van der Waals surface area contributed by atoms with Crippen molar-refractivity contribution in [1.29, 1.82) is 0 Å². The molecule has 25 heavy (non-hydrogen) atoms. The molecule has 1 amide bonds. The molecule has 0 saturated carbocycles. The van der Waals surface area contributed by atoms with Crippen molar-refractivity contribution in [3.8, 4) is 0 Å². The van der Waals surface area contributed by atoms with E-state index >= 15 is 0 Å². The number of nitrogens with one attached hydrogen (secondary N) is 1. The van der Waals surface area contributed by atoms with Crippen molar-refractivity contribution >= 4 is 23.2 Å². The van der Waals surface area contributed by atoms with Gasteiger partial charge in [-0.3, -0.25) is 4.79 Å². The van der Waals surface area contributed by atoms with E-state index in [2.05, 4.69) is 10.3 Å². The number of carboxylic acids is 1. The van der Waals surface area contributed by atoms with Crippen LogP contribution < -0.4 is 5.32 Å². The Hall–Kier alpha value is -2.28. The van der Waals surface area contributed by atoms with E-state index in [1.54, 1.807) is 17.5 Å². The normalized spacial score (nSPS) is 11.9. The van der Waals surface area contributed by atoms with Crippen LogP contribution in [0.5, 0.6) is 0 Å². The Balaban J connectivity index is 1.90. The second-order valence-corrected chi connectivity index (χ2v) is 6.76. The van der Waals surface area contributed by atoms with E-state index in [0.29, 0.717) is 18.5 Å². The molecule has 1 heterocycles. The molecule has 1 aromatic carbocycles. The van der Waals surface area contributed by atoms with Crippen molar-refractivity contribution in [3.63, 3.8) is 0 Å². The Labute approximate surface area is 149 Å². The molecular weight excluding hydrogens is 343 g/mol.